The van der Waals surface area contributed by atoms with E-state index in [0.717, 1.165) is 39.0 Å². The number of urea groups is 1. The number of rotatable bonds is 6. The predicted octanol–water partition coefficient (Wildman–Crippen LogP) is 4.62. The topological polar surface area (TPSA) is 55.9 Å². The van der Waals surface area contributed by atoms with Crippen LogP contribution in [-0.2, 0) is 11.2 Å². The molecule has 0 radical (unpaired) electrons. The minimum absolute atomic E-state index is 0.00643. The molecule has 2 aromatic rings. The van der Waals surface area contributed by atoms with E-state index in [1.54, 1.807) is 23.1 Å². The summed E-state index contributed by atoms with van der Waals surface area (Å²) in [5.41, 5.74) is 1.92. The van der Waals surface area contributed by atoms with Gasteiger partial charge in [0, 0.05) is 38.4 Å². The second-order valence-corrected chi connectivity index (χ2v) is 9.68. The van der Waals surface area contributed by atoms with Crippen LogP contribution < -0.4 is 5.32 Å². The molecule has 0 aliphatic carbocycles. The van der Waals surface area contributed by atoms with E-state index >= 15 is 0 Å². The molecule has 1 atom stereocenters. The summed E-state index contributed by atoms with van der Waals surface area (Å²) in [5.74, 6) is 0.488. The van der Waals surface area contributed by atoms with E-state index in [-0.39, 0.29) is 18.5 Å². The highest BCUT2D eigenvalue weighted by Crippen LogP contribution is 2.25. The van der Waals surface area contributed by atoms with Gasteiger partial charge in [0.05, 0.1) is 10.0 Å². The van der Waals surface area contributed by atoms with Gasteiger partial charge >= 0.3 is 6.03 Å². The Morgan fingerprint density at radius 2 is 1.85 bits per heavy atom. The number of anilines is 1. The smallest absolute Gasteiger partial charge is 0.322 e. The number of likely N-dealkylation sites (tertiary alicyclic amines) is 1. The number of hydrogen-bond donors (Lipinski definition) is 1. The van der Waals surface area contributed by atoms with Gasteiger partial charge in [0.2, 0.25) is 5.91 Å². The van der Waals surface area contributed by atoms with Gasteiger partial charge in [-0.1, -0.05) is 53.5 Å². The predicted molar refractivity (Wildman–Crippen MR) is 133 cm³/mol. The van der Waals surface area contributed by atoms with Crippen LogP contribution in [-0.4, -0.2) is 72.5 Å². The maximum Gasteiger partial charge on any atom is 0.322 e. The first kappa shape index (κ1) is 23.9. The Bertz CT molecular complexity index is 972. The molecule has 0 unspecified atom stereocenters. The van der Waals surface area contributed by atoms with Crippen molar-refractivity contribution < 1.29 is 9.59 Å². The lowest BCUT2D eigenvalue weighted by atomic mass is 9.96. The Morgan fingerprint density at radius 3 is 2.61 bits per heavy atom. The van der Waals surface area contributed by atoms with Crippen LogP contribution >= 0.6 is 23.2 Å². The number of piperidine rings is 1. The minimum Gasteiger partial charge on any atom is -0.339 e. The third-order valence-electron chi connectivity index (χ3n) is 6.42. The molecule has 33 heavy (non-hydrogen) atoms. The first-order valence-corrected chi connectivity index (χ1v) is 12.3. The molecule has 0 saturated carbocycles. The van der Waals surface area contributed by atoms with Gasteiger partial charge in [-0.3, -0.25) is 4.79 Å². The van der Waals surface area contributed by atoms with E-state index < -0.39 is 0 Å². The fourth-order valence-electron chi connectivity index (χ4n) is 4.60. The van der Waals surface area contributed by atoms with Crippen molar-refractivity contribution in [2.24, 2.45) is 5.92 Å². The van der Waals surface area contributed by atoms with Gasteiger partial charge in [-0.25, -0.2) is 4.79 Å². The Labute approximate surface area is 205 Å². The van der Waals surface area contributed by atoms with Gasteiger partial charge in [-0.15, -0.1) is 0 Å². The van der Waals surface area contributed by atoms with Gasteiger partial charge in [0.15, 0.2) is 0 Å². The first-order valence-electron chi connectivity index (χ1n) is 11.5. The minimum atomic E-state index is -0.300. The van der Waals surface area contributed by atoms with E-state index in [0.29, 0.717) is 34.7 Å². The van der Waals surface area contributed by atoms with Gasteiger partial charge in [-0.2, -0.15) is 0 Å². The molecule has 2 aliphatic rings. The summed E-state index contributed by atoms with van der Waals surface area (Å²) in [6.45, 7) is 5.15. The molecule has 1 N–H and O–H groups in total. The second-order valence-electron chi connectivity index (χ2n) is 8.86. The summed E-state index contributed by atoms with van der Waals surface area (Å²) < 4.78 is 0. The third kappa shape index (κ3) is 6.62. The number of halogens is 2. The van der Waals surface area contributed by atoms with Crippen molar-refractivity contribution in [3.05, 3.63) is 64.1 Å². The highest BCUT2D eigenvalue weighted by molar-refractivity contribution is 6.42. The van der Waals surface area contributed by atoms with Gasteiger partial charge < -0.3 is 20.0 Å². The molecule has 0 bridgehead atoms. The molecule has 6 nitrogen and oxygen atoms in total. The molecule has 2 fully saturated rings. The van der Waals surface area contributed by atoms with Crippen molar-refractivity contribution in [2.75, 3.05) is 51.1 Å². The number of nitrogens with one attached hydrogen (secondary N) is 1. The monoisotopic (exact) mass is 488 g/mol. The molecular formula is C25H30Cl2N4O2. The first-order chi connectivity index (χ1) is 16.0. The molecule has 2 aliphatic heterocycles. The molecule has 2 aromatic carbocycles. The maximum atomic E-state index is 12.8. The zero-order valence-corrected chi connectivity index (χ0v) is 20.2. The Kier molecular flexibility index (Phi) is 8.12. The average molecular weight is 489 g/mol. The van der Waals surface area contributed by atoms with Crippen molar-refractivity contribution in [2.45, 2.75) is 19.3 Å². The van der Waals surface area contributed by atoms with E-state index in [2.05, 4.69) is 34.5 Å². The van der Waals surface area contributed by atoms with Crippen molar-refractivity contribution in [1.29, 1.82) is 0 Å². The lowest BCUT2D eigenvalue weighted by molar-refractivity contribution is -0.135. The molecular weight excluding hydrogens is 459 g/mol. The van der Waals surface area contributed by atoms with Gasteiger partial charge in [0.25, 0.3) is 0 Å². The number of carbonyl (C=O) groups is 2. The highest BCUT2D eigenvalue weighted by atomic mass is 35.5. The van der Waals surface area contributed by atoms with Crippen LogP contribution in [0.25, 0.3) is 0 Å². The SMILES string of the molecule is O=C1CN(C(=O)Nc2ccc(Cl)c(Cl)c2)CCN1C[C@@H]1CCCN(CCc2ccccc2)C1. The molecule has 8 heteroatoms. The van der Waals surface area contributed by atoms with E-state index in [1.165, 1.54) is 12.0 Å². The summed E-state index contributed by atoms with van der Waals surface area (Å²) >= 11 is 11.9. The number of amides is 3. The van der Waals surface area contributed by atoms with Crippen LogP contribution in [0.15, 0.2) is 48.5 Å². The van der Waals surface area contributed by atoms with Crippen molar-refractivity contribution in [1.82, 2.24) is 14.7 Å². The highest BCUT2D eigenvalue weighted by Gasteiger charge is 2.30. The van der Waals surface area contributed by atoms with Crippen LogP contribution in [0.4, 0.5) is 10.5 Å². The molecule has 0 aromatic heterocycles. The fraction of sp³-hybridized carbons (Fsp3) is 0.440. The van der Waals surface area contributed by atoms with E-state index in [4.69, 9.17) is 23.2 Å². The molecule has 3 amide bonds. The van der Waals surface area contributed by atoms with Crippen molar-refractivity contribution in [3.8, 4) is 0 Å². The molecule has 2 saturated heterocycles. The van der Waals surface area contributed by atoms with Crippen LogP contribution in [0.1, 0.15) is 18.4 Å². The van der Waals surface area contributed by atoms with Crippen LogP contribution in [0.2, 0.25) is 10.0 Å². The number of hydrogen-bond acceptors (Lipinski definition) is 3. The maximum absolute atomic E-state index is 12.8. The molecule has 176 valence electrons. The summed E-state index contributed by atoms with van der Waals surface area (Å²) in [4.78, 5) is 31.4. The third-order valence-corrected chi connectivity index (χ3v) is 7.16. The summed E-state index contributed by atoms with van der Waals surface area (Å²) in [6.07, 6.45) is 3.37. The average Bonchev–Trinajstić information content (AvgIpc) is 2.82. The second kappa shape index (κ2) is 11.2. The lowest BCUT2D eigenvalue weighted by Gasteiger charge is -2.39. The molecule has 0 spiro atoms. The van der Waals surface area contributed by atoms with E-state index in [9.17, 15) is 9.59 Å². The number of nitrogens with zero attached hydrogens (tertiary/aromatic N) is 3. The number of carbonyl (C=O) groups excluding carboxylic acids is 2. The van der Waals surface area contributed by atoms with Crippen molar-refractivity contribution in [3.63, 3.8) is 0 Å². The van der Waals surface area contributed by atoms with Gasteiger partial charge in [-0.05, 0) is 55.5 Å². The zero-order chi connectivity index (χ0) is 23.2. The summed E-state index contributed by atoms with van der Waals surface area (Å²) in [5, 5.41) is 3.60. The number of benzene rings is 2. The standard InChI is InChI=1S/C25H30Cl2N4O2/c26-22-9-8-21(15-23(22)27)28-25(33)31-14-13-30(24(32)18-31)17-20-7-4-11-29(16-20)12-10-19-5-2-1-3-6-19/h1-3,5-6,8-9,15,20H,4,7,10-14,16-18H2,(H,28,33)/t20-/m1/s1. The summed E-state index contributed by atoms with van der Waals surface area (Å²) in [6, 6.07) is 15.2. The molecule has 2 heterocycles. The van der Waals surface area contributed by atoms with E-state index in [1.807, 2.05) is 11.0 Å². The Balaban J connectivity index is 1.23. The van der Waals surface area contributed by atoms with Crippen molar-refractivity contribution >= 4 is 40.8 Å². The Hall–Kier alpha value is -2.28. The lowest BCUT2D eigenvalue weighted by Crippen LogP contribution is -2.55. The summed E-state index contributed by atoms with van der Waals surface area (Å²) in [7, 11) is 0. The normalized spacial score (nSPS) is 19.6. The van der Waals surface area contributed by atoms with Gasteiger partial charge in [0.1, 0.15) is 6.54 Å². The largest absolute Gasteiger partial charge is 0.339 e. The molecule has 4 rings (SSSR count). The van der Waals surface area contributed by atoms with Crippen LogP contribution in [0.3, 0.4) is 0 Å². The van der Waals surface area contributed by atoms with Crippen LogP contribution in [0.5, 0.6) is 0 Å². The Morgan fingerprint density at radius 1 is 1.03 bits per heavy atom. The van der Waals surface area contributed by atoms with Crippen LogP contribution in [0, 0.1) is 5.92 Å². The quantitative estimate of drug-likeness (QED) is 0.644. The fourth-order valence-corrected chi connectivity index (χ4v) is 4.90. The number of piperazine rings is 1. The zero-order valence-electron chi connectivity index (χ0n) is 18.7.